The van der Waals surface area contributed by atoms with Crippen LogP contribution >= 0.6 is 15.8 Å². The molecular formula is C50H52P2. The Labute approximate surface area is 314 Å². The Morgan fingerprint density at radius 3 is 2.29 bits per heavy atom. The maximum atomic E-state index is 4.19. The monoisotopic (exact) mass is 714 g/mol. The van der Waals surface area contributed by atoms with Gasteiger partial charge in [0.1, 0.15) is 0 Å². The second-order valence-corrected chi connectivity index (χ2v) is 18.8. The molecule has 0 spiro atoms. The smallest absolute Gasteiger partial charge is 0.00665 e. The lowest BCUT2D eigenvalue weighted by atomic mass is 9.82. The molecule has 1 aliphatic carbocycles. The van der Waals surface area contributed by atoms with Crippen molar-refractivity contribution in [1.29, 1.82) is 0 Å². The van der Waals surface area contributed by atoms with E-state index in [2.05, 4.69) is 180 Å². The zero-order valence-electron chi connectivity index (χ0n) is 31.4. The molecule has 0 amide bonds. The largest absolute Gasteiger partial charge is 0.105 e. The maximum absolute atomic E-state index is 4.19. The molecule has 0 aromatic heterocycles. The van der Waals surface area contributed by atoms with E-state index in [9.17, 15) is 0 Å². The number of hydrogen-bond acceptors (Lipinski definition) is 0. The van der Waals surface area contributed by atoms with Crippen molar-refractivity contribution in [2.45, 2.75) is 26.4 Å². The van der Waals surface area contributed by atoms with Crippen molar-refractivity contribution < 1.29 is 0 Å². The Hall–Kier alpha value is -4.34. The van der Waals surface area contributed by atoms with Crippen LogP contribution in [-0.4, -0.2) is 31.8 Å². The molecule has 0 nitrogen and oxygen atoms in total. The summed E-state index contributed by atoms with van der Waals surface area (Å²) in [5, 5.41) is 8.00. The average Bonchev–Trinajstić information content (AvgIpc) is 3.18. The van der Waals surface area contributed by atoms with Crippen molar-refractivity contribution in [3.8, 4) is 0 Å². The van der Waals surface area contributed by atoms with Gasteiger partial charge >= 0.3 is 0 Å². The quantitative estimate of drug-likeness (QED) is 0.0841. The van der Waals surface area contributed by atoms with Gasteiger partial charge in [0.05, 0.1) is 0 Å². The highest BCUT2D eigenvalue weighted by Crippen LogP contribution is 2.41. The summed E-state index contributed by atoms with van der Waals surface area (Å²) in [6.07, 6.45) is 23.7. The van der Waals surface area contributed by atoms with Gasteiger partial charge in [-0.15, -0.1) is 15.8 Å². The molecule has 5 aromatic rings. The molecule has 0 saturated carbocycles. The summed E-state index contributed by atoms with van der Waals surface area (Å²) in [4.78, 5) is 0. The minimum atomic E-state index is -0.192. The molecule has 0 saturated heterocycles. The van der Waals surface area contributed by atoms with Gasteiger partial charge in [-0.1, -0.05) is 165 Å². The van der Waals surface area contributed by atoms with E-state index in [0.29, 0.717) is 5.92 Å². The summed E-state index contributed by atoms with van der Waals surface area (Å²) in [7, 11) is -0.350. The first-order valence-electron chi connectivity index (χ1n) is 18.5. The first kappa shape index (κ1) is 37.4. The van der Waals surface area contributed by atoms with Gasteiger partial charge in [0.15, 0.2) is 0 Å². The van der Waals surface area contributed by atoms with Gasteiger partial charge in [0.2, 0.25) is 0 Å². The minimum absolute atomic E-state index is 0.157. The molecule has 2 heteroatoms. The molecule has 3 unspecified atom stereocenters. The molecule has 6 rings (SSSR count). The van der Waals surface area contributed by atoms with Gasteiger partial charge < -0.3 is 0 Å². The standard InChI is InChI=1S/C50H52P2/c1-7-38-24-20-28-48(44(38)9-3)50-43(32-30-41-23-14-17-27-47(41)50)36-52(6)34-19-11-10-18-33-51(5)35-42-31-29-40-22-13-16-26-46(40)49(42)37(4)45-25-15-12-21-39(45)8-2/h7-31,43H,1,3,32-36H2,2,4-6H3/b18-10-,19-11-,39-8-,45-37+. The lowest BCUT2D eigenvalue weighted by Gasteiger charge is -2.27. The number of allylic oxidation sites excluding steroid dienone is 4. The zero-order chi connectivity index (χ0) is 36.5. The minimum Gasteiger partial charge on any atom is -0.105 e. The Morgan fingerprint density at radius 2 is 1.50 bits per heavy atom. The molecule has 0 aliphatic heterocycles. The topological polar surface area (TPSA) is 0 Å². The molecule has 0 heterocycles. The maximum Gasteiger partial charge on any atom is -0.00665 e. The first-order valence-corrected chi connectivity index (χ1v) is 22.8. The van der Waals surface area contributed by atoms with Gasteiger partial charge in [-0.3, -0.25) is 0 Å². The van der Waals surface area contributed by atoms with Crippen molar-refractivity contribution in [1.82, 2.24) is 0 Å². The van der Waals surface area contributed by atoms with Crippen molar-refractivity contribution in [2.24, 2.45) is 5.92 Å². The van der Waals surface area contributed by atoms with Crippen molar-refractivity contribution in [2.75, 3.05) is 31.8 Å². The number of hydrogen-bond donors (Lipinski definition) is 0. The third-order valence-corrected chi connectivity index (χ3v) is 14.0. The highest BCUT2D eigenvalue weighted by Gasteiger charge is 2.23. The van der Waals surface area contributed by atoms with Crippen LogP contribution < -0.4 is 20.9 Å². The molecule has 0 fully saturated rings. The number of rotatable bonds is 13. The van der Waals surface area contributed by atoms with E-state index in [4.69, 9.17) is 0 Å². The molecule has 0 N–H and O–H groups in total. The summed E-state index contributed by atoms with van der Waals surface area (Å²) in [6.45, 7) is 17.6. The van der Waals surface area contributed by atoms with Gasteiger partial charge in [-0.25, -0.2) is 0 Å². The van der Waals surface area contributed by atoms with Crippen LogP contribution in [0.4, 0.5) is 0 Å². The van der Waals surface area contributed by atoms with Crippen LogP contribution in [0.2, 0.25) is 0 Å². The van der Waals surface area contributed by atoms with Gasteiger partial charge in [-0.2, -0.15) is 0 Å². The van der Waals surface area contributed by atoms with Crippen LogP contribution in [0.15, 0.2) is 141 Å². The number of benzene rings is 5. The second-order valence-electron chi connectivity index (χ2n) is 14.0. The lowest BCUT2D eigenvalue weighted by Crippen LogP contribution is -2.34. The molecule has 5 aromatic carbocycles. The van der Waals surface area contributed by atoms with Gasteiger partial charge in [0, 0.05) is 0 Å². The van der Waals surface area contributed by atoms with Crippen LogP contribution in [0.3, 0.4) is 0 Å². The second kappa shape index (κ2) is 17.9. The SMILES string of the molecule is C=Cc1cccc(C2=c3ccccc3=CCC2CP(C)C/C=C\C=C/CP(C)Cc2ccc3ccccc3c2/C(C)=c2\cccc\c2=C\C)c1C=C. The van der Waals surface area contributed by atoms with Crippen molar-refractivity contribution in [3.05, 3.63) is 189 Å². The fraction of sp³-hybridized carbons (Fsp3) is 0.200. The van der Waals surface area contributed by atoms with E-state index >= 15 is 0 Å². The summed E-state index contributed by atoms with van der Waals surface area (Å²) in [6, 6.07) is 37.8. The Morgan fingerprint density at radius 1 is 0.769 bits per heavy atom. The fourth-order valence-corrected chi connectivity index (χ4v) is 11.0. The Bertz CT molecular complexity index is 2390. The van der Waals surface area contributed by atoms with E-state index in [-0.39, 0.29) is 15.8 Å². The molecule has 0 bridgehead atoms. The summed E-state index contributed by atoms with van der Waals surface area (Å²) in [5.41, 5.74) is 9.37. The lowest BCUT2D eigenvalue weighted by molar-refractivity contribution is 0.781. The highest BCUT2D eigenvalue weighted by molar-refractivity contribution is 7.57. The molecule has 262 valence electrons. The normalized spacial score (nSPS) is 16.5. The van der Waals surface area contributed by atoms with E-state index in [1.165, 1.54) is 71.2 Å². The van der Waals surface area contributed by atoms with E-state index in [0.717, 1.165) is 30.5 Å². The molecule has 1 aliphatic rings. The van der Waals surface area contributed by atoms with Crippen LogP contribution in [0.1, 0.15) is 48.1 Å². The van der Waals surface area contributed by atoms with Gasteiger partial charge in [0.25, 0.3) is 0 Å². The van der Waals surface area contributed by atoms with Crippen LogP contribution in [0.5, 0.6) is 0 Å². The van der Waals surface area contributed by atoms with Crippen LogP contribution in [-0.2, 0) is 6.16 Å². The average molecular weight is 715 g/mol. The third kappa shape index (κ3) is 8.48. The van der Waals surface area contributed by atoms with E-state index < -0.39 is 0 Å². The van der Waals surface area contributed by atoms with Crippen molar-refractivity contribution in [3.63, 3.8) is 0 Å². The molecule has 52 heavy (non-hydrogen) atoms. The number of fused-ring (bicyclic) bond motifs is 2. The van der Waals surface area contributed by atoms with E-state index in [1.54, 1.807) is 0 Å². The predicted octanol–water partition coefficient (Wildman–Crippen LogP) is 10.7. The Balaban J connectivity index is 1.13. The summed E-state index contributed by atoms with van der Waals surface area (Å²) >= 11 is 0. The van der Waals surface area contributed by atoms with Gasteiger partial charge in [-0.05, 0) is 135 Å². The molecule has 3 atom stereocenters. The van der Waals surface area contributed by atoms with Crippen LogP contribution in [0.25, 0.3) is 46.2 Å². The molecule has 0 radical (unpaired) electrons. The molecular weight excluding hydrogens is 662 g/mol. The summed E-state index contributed by atoms with van der Waals surface area (Å²) < 4.78 is 0. The summed E-state index contributed by atoms with van der Waals surface area (Å²) in [5.74, 6) is 0.492. The first-order chi connectivity index (χ1) is 25.4. The highest BCUT2D eigenvalue weighted by atomic mass is 31.1. The van der Waals surface area contributed by atoms with E-state index in [1.807, 2.05) is 12.2 Å². The Kier molecular flexibility index (Phi) is 12.9. The zero-order valence-corrected chi connectivity index (χ0v) is 33.1. The predicted molar refractivity (Wildman–Crippen MR) is 238 cm³/mol. The fourth-order valence-electron chi connectivity index (χ4n) is 7.84. The van der Waals surface area contributed by atoms with Crippen LogP contribution in [0, 0.1) is 5.92 Å². The van der Waals surface area contributed by atoms with Crippen molar-refractivity contribution >= 4 is 62.1 Å². The third-order valence-electron chi connectivity index (χ3n) is 10.4.